The topological polar surface area (TPSA) is 39.3 Å². The van der Waals surface area contributed by atoms with Crippen molar-refractivity contribution in [3.8, 4) is 0 Å². The Bertz CT molecular complexity index is 887. The van der Waals surface area contributed by atoms with E-state index in [1.54, 1.807) is 12.1 Å². The number of alkyl halides is 3. The Hall–Kier alpha value is -2.31. The maximum Gasteiger partial charge on any atom is 0.435 e. The summed E-state index contributed by atoms with van der Waals surface area (Å²) in [6, 6.07) is 4.42. The minimum absolute atomic E-state index is 0.120. The number of carbonyl (C=O) groups excluding carboxylic acids is 1. The van der Waals surface area contributed by atoms with Crippen LogP contribution in [0.2, 0.25) is 0 Å². The van der Waals surface area contributed by atoms with Crippen molar-refractivity contribution in [3.63, 3.8) is 0 Å². The second kappa shape index (κ2) is 4.09. The van der Waals surface area contributed by atoms with Crippen LogP contribution in [0.3, 0.4) is 0 Å². The number of carbonyl (C=O) groups is 1. The molecule has 110 valence electrons. The lowest BCUT2D eigenvalue weighted by molar-refractivity contribution is -0.141. The molecule has 4 nitrogen and oxygen atoms in total. The van der Waals surface area contributed by atoms with Gasteiger partial charge >= 0.3 is 6.18 Å². The van der Waals surface area contributed by atoms with Crippen LogP contribution in [0.5, 0.6) is 0 Å². The predicted octanol–water partition coefficient (Wildman–Crippen LogP) is 3.58. The van der Waals surface area contributed by atoms with Gasteiger partial charge in [0.2, 0.25) is 5.91 Å². The molecule has 21 heavy (non-hydrogen) atoms. The Morgan fingerprint density at radius 2 is 1.67 bits per heavy atom. The average molecular weight is 295 g/mol. The van der Waals surface area contributed by atoms with Crippen molar-refractivity contribution in [1.29, 1.82) is 0 Å². The first-order chi connectivity index (χ1) is 9.70. The molecule has 0 spiro atoms. The zero-order chi connectivity index (χ0) is 15.5. The summed E-state index contributed by atoms with van der Waals surface area (Å²) in [4.78, 5) is 11.8. The molecule has 3 rings (SSSR count). The van der Waals surface area contributed by atoms with Crippen molar-refractivity contribution < 1.29 is 18.0 Å². The molecule has 0 saturated heterocycles. The molecule has 0 fully saturated rings. The molecule has 0 unspecified atom stereocenters. The maximum absolute atomic E-state index is 12.8. The quantitative estimate of drug-likeness (QED) is 0.636. The smallest absolute Gasteiger partial charge is 0.274 e. The second-order valence-electron chi connectivity index (χ2n) is 5.08. The van der Waals surface area contributed by atoms with Crippen molar-refractivity contribution in [2.45, 2.75) is 26.9 Å². The molecule has 7 heteroatoms. The zero-order valence-electron chi connectivity index (χ0n) is 11.6. The standard InChI is InChI=1S/C14H12F3N3O/c1-7-4-10-11(5-8(7)2)20-13(19(10)9(3)21)6-12(18-20)14(15,16)17/h4-6H,1-3H3. The van der Waals surface area contributed by atoms with E-state index in [2.05, 4.69) is 5.10 Å². The fourth-order valence-corrected chi connectivity index (χ4v) is 2.44. The zero-order valence-corrected chi connectivity index (χ0v) is 11.6. The van der Waals surface area contributed by atoms with E-state index in [4.69, 9.17) is 0 Å². The first kappa shape index (κ1) is 13.7. The van der Waals surface area contributed by atoms with Gasteiger partial charge in [-0.1, -0.05) is 0 Å². The average Bonchev–Trinajstić information content (AvgIpc) is 2.87. The number of nitrogens with zero attached hydrogens (tertiary/aromatic N) is 3. The Kier molecular flexibility index (Phi) is 2.66. The van der Waals surface area contributed by atoms with Gasteiger partial charge in [-0.3, -0.25) is 9.36 Å². The van der Waals surface area contributed by atoms with Crippen LogP contribution in [0.15, 0.2) is 18.2 Å². The minimum atomic E-state index is -4.54. The van der Waals surface area contributed by atoms with Crippen molar-refractivity contribution in [2.24, 2.45) is 0 Å². The van der Waals surface area contributed by atoms with Gasteiger partial charge in [0.1, 0.15) is 5.65 Å². The van der Waals surface area contributed by atoms with E-state index < -0.39 is 11.9 Å². The number of halogens is 3. The van der Waals surface area contributed by atoms with Crippen LogP contribution in [0.1, 0.15) is 28.5 Å². The van der Waals surface area contributed by atoms with Gasteiger partial charge in [-0.15, -0.1) is 0 Å². The first-order valence-corrected chi connectivity index (χ1v) is 6.29. The normalized spacial score (nSPS) is 12.5. The number of benzene rings is 1. The highest BCUT2D eigenvalue weighted by Gasteiger charge is 2.35. The van der Waals surface area contributed by atoms with E-state index in [-0.39, 0.29) is 11.6 Å². The molecule has 3 aromatic rings. The third-order valence-corrected chi connectivity index (χ3v) is 3.58. The van der Waals surface area contributed by atoms with Crippen molar-refractivity contribution in [3.05, 3.63) is 35.0 Å². The van der Waals surface area contributed by atoms with Gasteiger partial charge in [-0.05, 0) is 37.1 Å². The fourth-order valence-electron chi connectivity index (χ4n) is 2.44. The van der Waals surface area contributed by atoms with Crippen LogP contribution in [-0.2, 0) is 6.18 Å². The molecule has 0 amide bonds. The van der Waals surface area contributed by atoms with Crippen LogP contribution in [-0.4, -0.2) is 20.1 Å². The van der Waals surface area contributed by atoms with E-state index in [1.165, 1.54) is 16.0 Å². The molecule has 0 aliphatic carbocycles. The van der Waals surface area contributed by atoms with E-state index in [0.717, 1.165) is 17.2 Å². The van der Waals surface area contributed by atoms with Gasteiger partial charge in [0.05, 0.1) is 11.0 Å². The largest absolute Gasteiger partial charge is 0.435 e. The number of aromatic nitrogens is 3. The molecule has 0 aliphatic rings. The molecule has 1 aromatic carbocycles. The maximum atomic E-state index is 12.8. The summed E-state index contributed by atoms with van der Waals surface area (Å²) in [6.07, 6.45) is -4.54. The van der Waals surface area contributed by atoms with Crippen LogP contribution in [0.4, 0.5) is 13.2 Å². The van der Waals surface area contributed by atoms with Crippen LogP contribution < -0.4 is 0 Å². The Morgan fingerprint density at radius 1 is 1.10 bits per heavy atom. The van der Waals surface area contributed by atoms with Gasteiger partial charge in [-0.2, -0.15) is 18.3 Å². The van der Waals surface area contributed by atoms with Crippen LogP contribution in [0.25, 0.3) is 16.7 Å². The molecule has 2 heterocycles. The summed E-state index contributed by atoms with van der Waals surface area (Å²) < 4.78 is 40.9. The van der Waals surface area contributed by atoms with E-state index in [0.29, 0.717) is 11.0 Å². The van der Waals surface area contributed by atoms with Crippen molar-refractivity contribution in [2.75, 3.05) is 0 Å². The minimum Gasteiger partial charge on any atom is -0.274 e. The highest BCUT2D eigenvalue weighted by Crippen LogP contribution is 2.31. The van der Waals surface area contributed by atoms with Gasteiger partial charge in [0.25, 0.3) is 0 Å². The molecule has 0 atom stereocenters. The number of rotatable bonds is 0. The Balaban J connectivity index is 2.49. The highest BCUT2D eigenvalue weighted by molar-refractivity contribution is 5.95. The van der Waals surface area contributed by atoms with Crippen molar-refractivity contribution in [1.82, 2.24) is 14.2 Å². The lowest BCUT2D eigenvalue weighted by Gasteiger charge is -2.04. The number of fused-ring (bicyclic) bond motifs is 3. The first-order valence-electron chi connectivity index (χ1n) is 6.29. The summed E-state index contributed by atoms with van der Waals surface area (Å²) in [7, 11) is 0. The van der Waals surface area contributed by atoms with Crippen molar-refractivity contribution >= 4 is 22.6 Å². The van der Waals surface area contributed by atoms with Crippen LogP contribution >= 0.6 is 0 Å². The number of hydrogen-bond donors (Lipinski definition) is 0. The lowest BCUT2D eigenvalue weighted by Crippen LogP contribution is -2.07. The predicted molar refractivity (Wildman–Crippen MR) is 71.5 cm³/mol. The Labute approximate surface area is 117 Å². The molecule has 0 radical (unpaired) electrons. The van der Waals surface area contributed by atoms with E-state index in [1.807, 2.05) is 13.8 Å². The molecular formula is C14H12F3N3O. The lowest BCUT2D eigenvalue weighted by atomic mass is 10.1. The summed E-state index contributed by atoms with van der Waals surface area (Å²) in [5.41, 5.74) is 2.04. The van der Waals surface area contributed by atoms with E-state index in [9.17, 15) is 18.0 Å². The fraction of sp³-hybridized carbons (Fsp3) is 0.286. The molecule has 2 aromatic heterocycles. The third kappa shape index (κ3) is 1.91. The molecule has 0 aliphatic heterocycles. The summed E-state index contributed by atoms with van der Waals surface area (Å²) in [6.45, 7) is 5.06. The summed E-state index contributed by atoms with van der Waals surface area (Å²) >= 11 is 0. The molecule has 0 bridgehead atoms. The van der Waals surface area contributed by atoms with Gasteiger partial charge in [-0.25, -0.2) is 4.52 Å². The highest BCUT2D eigenvalue weighted by atomic mass is 19.4. The second-order valence-corrected chi connectivity index (χ2v) is 5.08. The Morgan fingerprint density at radius 3 is 2.19 bits per heavy atom. The summed E-state index contributed by atoms with van der Waals surface area (Å²) in [5, 5.41) is 3.60. The van der Waals surface area contributed by atoms with Gasteiger partial charge in [0.15, 0.2) is 5.69 Å². The summed E-state index contributed by atoms with van der Waals surface area (Å²) in [5.74, 6) is -0.355. The third-order valence-electron chi connectivity index (χ3n) is 3.58. The van der Waals surface area contributed by atoms with Gasteiger partial charge in [0, 0.05) is 13.0 Å². The van der Waals surface area contributed by atoms with Crippen LogP contribution in [0, 0.1) is 13.8 Å². The number of hydrogen-bond acceptors (Lipinski definition) is 2. The molecule has 0 N–H and O–H groups in total. The number of aryl methyl sites for hydroxylation is 2. The van der Waals surface area contributed by atoms with E-state index >= 15 is 0 Å². The van der Waals surface area contributed by atoms with Gasteiger partial charge < -0.3 is 0 Å². The molecule has 0 saturated carbocycles. The monoisotopic (exact) mass is 295 g/mol. The SMILES string of the molecule is CC(=O)n1c2cc(C)c(C)cc2n2nc(C(F)(F)F)cc12. The number of imidazole rings is 1. The molecular weight excluding hydrogens is 283 g/mol.